The highest BCUT2D eigenvalue weighted by Crippen LogP contribution is 2.39. The van der Waals surface area contributed by atoms with Gasteiger partial charge in [-0.05, 0) is 31.1 Å². The first-order valence-electron chi connectivity index (χ1n) is 5.23. The van der Waals surface area contributed by atoms with Gasteiger partial charge in [0.15, 0.2) is 0 Å². The lowest BCUT2D eigenvalue weighted by molar-refractivity contribution is 0.165. The van der Waals surface area contributed by atoms with Crippen LogP contribution >= 0.6 is 0 Å². The second-order valence-electron chi connectivity index (χ2n) is 3.83. The molecule has 1 aliphatic rings. The molecule has 0 aromatic rings. The number of allylic oxidation sites excluding steroid dienone is 1. The van der Waals surface area contributed by atoms with E-state index < -0.39 is 0 Å². The Bertz CT molecular complexity index is 140. The molecule has 2 N–H and O–H groups in total. The van der Waals surface area contributed by atoms with Crippen LogP contribution in [0.2, 0.25) is 0 Å². The molecule has 0 radical (unpaired) electrons. The van der Waals surface area contributed by atoms with Gasteiger partial charge in [0.2, 0.25) is 0 Å². The highest BCUT2D eigenvalue weighted by molar-refractivity contribution is 4.90. The highest BCUT2D eigenvalue weighted by Gasteiger charge is 2.28. The molecule has 2 unspecified atom stereocenters. The number of hydrogen-bond donors (Lipinski definition) is 1. The van der Waals surface area contributed by atoms with Gasteiger partial charge in [-0.1, -0.05) is 31.9 Å². The molecule has 1 nitrogen and oxygen atoms in total. The fraction of sp³-hybridized carbons (Fsp3) is 0.818. The van der Waals surface area contributed by atoms with Gasteiger partial charge in [-0.25, -0.2) is 0 Å². The minimum Gasteiger partial charge on any atom is -0.327 e. The van der Waals surface area contributed by atoms with Crippen LogP contribution in [0.25, 0.3) is 0 Å². The summed E-state index contributed by atoms with van der Waals surface area (Å²) in [4.78, 5) is 0. The summed E-state index contributed by atoms with van der Waals surface area (Å²) in [6.45, 7) is 2.98. The third-order valence-electron chi connectivity index (χ3n) is 2.98. The van der Waals surface area contributed by atoms with E-state index in [-0.39, 0.29) is 0 Å². The summed E-state index contributed by atoms with van der Waals surface area (Å²) in [5.41, 5.74) is 5.38. The summed E-state index contributed by atoms with van der Waals surface area (Å²) in [6, 6.07) is 0. The molecule has 1 aliphatic carbocycles. The van der Waals surface area contributed by atoms with E-state index >= 15 is 0 Å². The maximum absolute atomic E-state index is 5.38. The second kappa shape index (κ2) is 5.36. The summed E-state index contributed by atoms with van der Waals surface area (Å²) >= 11 is 0. The van der Waals surface area contributed by atoms with Gasteiger partial charge in [0.25, 0.3) is 0 Å². The number of rotatable bonds is 5. The van der Waals surface area contributed by atoms with E-state index in [1.807, 2.05) is 0 Å². The first-order chi connectivity index (χ1) is 5.88. The molecular formula is C11H21N. The minimum atomic E-state index is 0.700. The molecule has 0 spiro atoms. The summed E-state index contributed by atoms with van der Waals surface area (Å²) in [5, 5.41) is 0. The van der Waals surface area contributed by atoms with E-state index in [1.165, 1.54) is 32.1 Å². The van der Waals surface area contributed by atoms with Crippen molar-refractivity contribution >= 4 is 0 Å². The van der Waals surface area contributed by atoms with Crippen molar-refractivity contribution in [1.82, 2.24) is 0 Å². The van der Waals surface area contributed by atoms with Crippen LogP contribution in [0.5, 0.6) is 0 Å². The Morgan fingerprint density at radius 3 is 2.50 bits per heavy atom. The van der Waals surface area contributed by atoms with E-state index in [2.05, 4.69) is 19.1 Å². The Balaban J connectivity index is 2.12. The summed E-state index contributed by atoms with van der Waals surface area (Å²) in [6.07, 6.45) is 11.3. The maximum atomic E-state index is 5.38. The van der Waals surface area contributed by atoms with Crippen molar-refractivity contribution < 1.29 is 0 Å². The topological polar surface area (TPSA) is 26.0 Å². The first kappa shape index (κ1) is 9.79. The van der Waals surface area contributed by atoms with Crippen LogP contribution in [0, 0.1) is 11.8 Å². The quantitative estimate of drug-likeness (QED) is 0.626. The lowest BCUT2D eigenvalue weighted by Gasteiger charge is -2.36. The molecule has 12 heavy (non-hydrogen) atoms. The van der Waals surface area contributed by atoms with Crippen molar-refractivity contribution in [2.75, 3.05) is 6.54 Å². The smallest absolute Gasteiger partial charge is 0.0106 e. The molecule has 1 fully saturated rings. The molecule has 0 aliphatic heterocycles. The van der Waals surface area contributed by atoms with Crippen molar-refractivity contribution in [1.29, 1.82) is 0 Å². The fourth-order valence-corrected chi connectivity index (χ4v) is 2.07. The monoisotopic (exact) mass is 167 g/mol. The molecule has 1 saturated carbocycles. The normalized spacial score (nSPS) is 29.2. The van der Waals surface area contributed by atoms with E-state index in [0.717, 1.165) is 11.8 Å². The van der Waals surface area contributed by atoms with Crippen LogP contribution in [0.15, 0.2) is 12.2 Å². The van der Waals surface area contributed by atoms with Gasteiger partial charge in [0.05, 0.1) is 0 Å². The van der Waals surface area contributed by atoms with Gasteiger partial charge in [0.1, 0.15) is 0 Å². The van der Waals surface area contributed by atoms with Crippen molar-refractivity contribution in [3.8, 4) is 0 Å². The molecule has 0 aromatic heterocycles. The SMILES string of the molecule is CCCC1CCC1C/C=C/CN. The Kier molecular flexibility index (Phi) is 4.37. The summed E-state index contributed by atoms with van der Waals surface area (Å²) in [5.74, 6) is 2.00. The average molecular weight is 167 g/mol. The van der Waals surface area contributed by atoms with Crippen LogP contribution in [0.1, 0.15) is 39.0 Å². The number of nitrogens with two attached hydrogens (primary N) is 1. The predicted octanol–water partition coefficient (Wildman–Crippen LogP) is 2.72. The predicted molar refractivity (Wildman–Crippen MR) is 53.9 cm³/mol. The molecule has 2 atom stereocenters. The number of hydrogen-bond acceptors (Lipinski definition) is 1. The largest absolute Gasteiger partial charge is 0.327 e. The molecule has 70 valence electrons. The molecule has 0 amide bonds. The highest BCUT2D eigenvalue weighted by atomic mass is 14.5. The molecule has 1 heteroatoms. The zero-order valence-corrected chi connectivity index (χ0v) is 8.13. The summed E-state index contributed by atoms with van der Waals surface area (Å²) in [7, 11) is 0. The average Bonchev–Trinajstić information content (AvgIpc) is 2.06. The zero-order valence-electron chi connectivity index (χ0n) is 8.13. The van der Waals surface area contributed by atoms with Gasteiger partial charge in [-0.3, -0.25) is 0 Å². The fourth-order valence-electron chi connectivity index (χ4n) is 2.07. The Hall–Kier alpha value is -0.300. The van der Waals surface area contributed by atoms with Crippen LogP contribution in [0.4, 0.5) is 0 Å². The Morgan fingerprint density at radius 1 is 1.25 bits per heavy atom. The van der Waals surface area contributed by atoms with Gasteiger partial charge in [0, 0.05) is 6.54 Å². The lowest BCUT2D eigenvalue weighted by atomic mass is 9.70. The van der Waals surface area contributed by atoms with E-state index in [1.54, 1.807) is 0 Å². The molecule has 0 saturated heterocycles. The van der Waals surface area contributed by atoms with E-state index in [4.69, 9.17) is 5.73 Å². The van der Waals surface area contributed by atoms with Gasteiger partial charge >= 0.3 is 0 Å². The van der Waals surface area contributed by atoms with E-state index in [0.29, 0.717) is 6.54 Å². The maximum Gasteiger partial charge on any atom is 0.0106 e. The molecule has 0 heterocycles. The minimum absolute atomic E-state index is 0.700. The molecule has 0 bridgehead atoms. The van der Waals surface area contributed by atoms with Crippen LogP contribution in [0.3, 0.4) is 0 Å². The van der Waals surface area contributed by atoms with Gasteiger partial charge in [-0.15, -0.1) is 0 Å². The molecule has 1 rings (SSSR count). The van der Waals surface area contributed by atoms with Gasteiger partial charge < -0.3 is 5.73 Å². The standard InChI is InChI=1S/C11H21N/c1-2-5-10-7-8-11(10)6-3-4-9-12/h3-4,10-11H,2,5-9,12H2,1H3/b4-3+. The van der Waals surface area contributed by atoms with E-state index in [9.17, 15) is 0 Å². The molecule has 0 aromatic carbocycles. The van der Waals surface area contributed by atoms with Crippen LogP contribution < -0.4 is 5.73 Å². The third kappa shape index (κ3) is 2.63. The van der Waals surface area contributed by atoms with Crippen LogP contribution in [-0.4, -0.2) is 6.54 Å². The second-order valence-corrected chi connectivity index (χ2v) is 3.83. The van der Waals surface area contributed by atoms with Crippen molar-refractivity contribution in [2.45, 2.75) is 39.0 Å². The lowest BCUT2D eigenvalue weighted by Crippen LogP contribution is -2.25. The van der Waals surface area contributed by atoms with Gasteiger partial charge in [-0.2, -0.15) is 0 Å². The zero-order chi connectivity index (χ0) is 8.81. The summed E-state index contributed by atoms with van der Waals surface area (Å²) < 4.78 is 0. The Labute approximate surface area is 76.0 Å². The van der Waals surface area contributed by atoms with Crippen molar-refractivity contribution in [3.63, 3.8) is 0 Å². The third-order valence-corrected chi connectivity index (χ3v) is 2.98. The molecular weight excluding hydrogens is 146 g/mol. The van der Waals surface area contributed by atoms with Crippen LogP contribution in [-0.2, 0) is 0 Å². The van der Waals surface area contributed by atoms with Crippen molar-refractivity contribution in [2.24, 2.45) is 17.6 Å². The van der Waals surface area contributed by atoms with Crippen molar-refractivity contribution in [3.05, 3.63) is 12.2 Å². The first-order valence-corrected chi connectivity index (χ1v) is 5.23. The Morgan fingerprint density at radius 2 is 2.00 bits per heavy atom.